The van der Waals surface area contributed by atoms with Crippen LogP contribution >= 0.6 is 0 Å². The Morgan fingerprint density at radius 2 is 2.20 bits per heavy atom. The fraction of sp³-hybridized carbons (Fsp3) is 0.583. The highest BCUT2D eigenvalue weighted by atomic mass is 16.5. The van der Waals surface area contributed by atoms with E-state index >= 15 is 0 Å². The summed E-state index contributed by atoms with van der Waals surface area (Å²) in [6.07, 6.45) is 1.49. The molecule has 2 heterocycles. The summed E-state index contributed by atoms with van der Waals surface area (Å²) in [5.74, 6) is 0.290. The lowest BCUT2D eigenvalue weighted by molar-refractivity contribution is -0.147. The van der Waals surface area contributed by atoms with Crippen molar-refractivity contribution in [2.45, 2.75) is 32.6 Å². The summed E-state index contributed by atoms with van der Waals surface area (Å²) in [6, 6.07) is 2.19. The highest BCUT2D eigenvalue weighted by Crippen LogP contribution is 2.31. The van der Waals surface area contributed by atoms with Gasteiger partial charge in [0.1, 0.15) is 0 Å². The third kappa shape index (κ3) is 1.78. The molecule has 15 heavy (non-hydrogen) atoms. The largest absolute Gasteiger partial charge is 0.466 e. The molecular formula is C12H17NO2. The zero-order valence-corrected chi connectivity index (χ0v) is 9.54. The lowest BCUT2D eigenvalue weighted by Crippen LogP contribution is -2.19. The van der Waals surface area contributed by atoms with Crippen LogP contribution in [0.3, 0.4) is 0 Å². The molecule has 1 atom stereocenters. The normalized spacial score (nSPS) is 21.5. The van der Waals surface area contributed by atoms with Gasteiger partial charge in [0.15, 0.2) is 0 Å². The number of carbonyl (C=O) groups excluding carboxylic acids is 1. The zero-order valence-electron chi connectivity index (χ0n) is 9.54. The maximum absolute atomic E-state index is 11.2. The molecule has 1 aliphatic rings. The van der Waals surface area contributed by atoms with Gasteiger partial charge < -0.3 is 9.30 Å². The minimum absolute atomic E-state index is 0.0628. The fourth-order valence-corrected chi connectivity index (χ4v) is 2.24. The molecule has 0 unspecified atom stereocenters. The number of cyclic esters (lactones) is 1. The molecular weight excluding hydrogens is 190 g/mol. The van der Waals surface area contributed by atoms with E-state index in [-0.39, 0.29) is 5.97 Å². The highest BCUT2D eigenvalue weighted by Gasteiger charge is 2.24. The minimum Gasteiger partial charge on any atom is -0.466 e. The summed E-state index contributed by atoms with van der Waals surface area (Å²) < 4.78 is 7.14. The molecule has 0 radical (unpaired) electrons. The maximum Gasteiger partial charge on any atom is 0.306 e. The van der Waals surface area contributed by atoms with Gasteiger partial charge in [0.05, 0.1) is 13.0 Å². The van der Waals surface area contributed by atoms with Gasteiger partial charge in [0, 0.05) is 18.4 Å². The number of aromatic nitrogens is 1. The van der Waals surface area contributed by atoms with Crippen LogP contribution in [0, 0.1) is 13.8 Å². The summed E-state index contributed by atoms with van der Waals surface area (Å²) in [4.78, 5) is 11.2. The van der Waals surface area contributed by atoms with Crippen molar-refractivity contribution in [3.63, 3.8) is 0 Å². The van der Waals surface area contributed by atoms with Crippen LogP contribution in [0.2, 0.25) is 0 Å². The Labute approximate surface area is 90.0 Å². The second kappa shape index (κ2) is 3.72. The molecule has 1 fully saturated rings. The van der Waals surface area contributed by atoms with Crippen LogP contribution in [0.1, 0.15) is 35.7 Å². The molecule has 0 spiro atoms. The van der Waals surface area contributed by atoms with Gasteiger partial charge in [0.25, 0.3) is 0 Å². The molecule has 1 aromatic heterocycles. The number of hydrogen-bond acceptors (Lipinski definition) is 2. The van der Waals surface area contributed by atoms with Crippen molar-refractivity contribution < 1.29 is 9.53 Å². The van der Waals surface area contributed by atoms with Gasteiger partial charge in [-0.3, -0.25) is 4.79 Å². The quantitative estimate of drug-likeness (QED) is 0.660. The molecule has 0 aliphatic carbocycles. The SMILES string of the molecule is Cc1cc([C@H]2CCOC(=O)C2)c(C)n1C. The lowest BCUT2D eigenvalue weighted by atomic mass is 9.91. The Morgan fingerprint density at radius 1 is 1.47 bits per heavy atom. The van der Waals surface area contributed by atoms with E-state index in [0.717, 1.165) is 6.42 Å². The molecule has 2 rings (SSSR count). The Morgan fingerprint density at radius 3 is 2.73 bits per heavy atom. The Hall–Kier alpha value is -1.25. The molecule has 0 amide bonds. The van der Waals surface area contributed by atoms with E-state index < -0.39 is 0 Å². The van der Waals surface area contributed by atoms with Crippen LogP contribution in [0.15, 0.2) is 6.07 Å². The third-order valence-electron chi connectivity index (χ3n) is 3.40. The van der Waals surface area contributed by atoms with Crippen molar-refractivity contribution in [3.8, 4) is 0 Å². The van der Waals surface area contributed by atoms with Crippen molar-refractivity contribution in [3.05, 3.63) is 23.0 Å². The lowest BCUT2D eigenvalue weighted by Gasteiger charge is -2.21. The van der Waals surface area contributed by atoms with Crippen LogP contribution in [-0.2, 0) is 16.6 Å². The third-order valence-corrected chi connectivity index (χ3v) is 3.40. The average Bonchev–Trinajstić information content (AvgIpc) is 2.46. The Kier molecular flexibility index (Phi) is 2.55. The Balaban J connectivity index is 2.28. The van der Waals surface area contributed by atoms with E-state index in [1.807, 2.05) is 0 Å². The summed E-state index contributed by atoms with van der Waals surface area (Å²) in [5, 5.41) is 0. The van der Waals surface area contributed by atoms with Gasteiger partial charge in [0.2, 0.25) is 0 Å². The molecule has 1 aromatic rings. The van der Waals surface area contributed by atoms with Gasteiger partial charge in [-0.1, -0.05) is 0 Å². The number of esters is 1. The van der Waals surface area contributed by atoms with Crippen LogP contribution in [0.4, 0.5) is 0 Å². The number of nitrogens with zero attached hydrogens (tertiary/aromatic N) is 1. The van der Waals surface area contributed by atoms with Crippen LogP contribution in [-0.4, -0.2) is 17.1 Å². The van der Waals surface area contributed by atoms with Crippen LogP contribution in [0.25, 0.3) is 0 Å². The molecule has 0 N–H and O–H groups in total. The summed E-state index contributed by atoms with van der Waals surface area (Å²) in [6.45, 7) is 4.77. The van der Waals surface area contributed by atoms with Gasteiger partial charge in [-0.2, -0.15) is 0 Å². The van der Waals surface area contributed by atoms with E-state index in [4.69, 9.17) is 4.74 Å². The fourth-order valence-electron chi connectivity index (χ4n) is 2.24. The molecule has 1 aliphatic heterocycles. The molecule has 82 valence electrons. The molecule has 3 nitrogen and oxygen atoms in total. The first-order valence-electron chi connectivity index (χ1n) is 5.38. The second-order valence-corrected chi connectivity index (χ2v) is 4.30. The maximum atomic E-state index is 11.2. The molecule has 3 heteroatoms. The number of aryl methyl sites for hydroxylation is 1. The van der Waals surface area contributed by atoms with Gasteiger partial charge >= 0.3 is 5.97 Å². The predicted octanol–water partition coefficient (Wildman–Crippen LogP) is 2.06. The van der Waals surface area contributed by atoms with Crippen molar-refractivity contribution in [1.29, 1.82) is 0 Å². The average molecular weight is 207 g/mol. The molecule has 0 bridgehead atoms. The van der Waals surface area contributed by atoms with Crippen molar-refractivity contribution in [1.82, 2.24) is 4.57 Å². The van der Waals surface area contributed by atoms with Crippen LogP contribution < -0.4 is 0 Å². The second-order valence-electron chi connectivity index (χ2n) is 4.30. The first-order valence-corrected chi connectivity index (χ1v) is 5.38. The smallest absolute Gasteiger partial charge is 0.306 e. The summed E-state index contributed by atoms with van der Waals surface area (Å²) in [5.41, 5.74) is 3.83. The van der Waals surface area contributed by atoms with Crippen molar-refractivity contribution >= 4 is 5.97 Å². The van der Waals surface area contributed by atoms with E-state index in [2.05, 4.69) is 31.5 Å². The van der Waals surface area contributed by atoms with Crippen molar-refractivity contribution in [2.75, 3.05) is 6.61 Å². The van der Waals surface area contributed by atoms with Gasteiger partial charge in [-0.05, 0) is 37.8 Å². The van der Waals surface area contributed by atoms with Gasteiger partial charge in [-0.25, -0.2) is 0 Å². The summed E-state index contributed by atoms with van der Waals surface area (Å²) >= 11 is 0. The van der Waals surface area contributed by atoms with E-state index in [1.165, 1.54) is 17.0 Å². The van der Waals surface area contributed by atoms with E-state index in [9.17, 15) is 4.79 Å². The zero-order chi connectivity index (χ0) is 11.0. The topological polar surface area (TPSA) is 31.2 Å². The summed E-state index contributed by atoms with van der Waals surface area (Å²) in [7, 11) is 2.06. The Bertz CT molecular complexity index is 393. The molecule has 1 saturated heterocycles. The standard InChI is InChI=1S/C12H17NO2/c1-8-6-11(9(2)13(8)3)10-4-5-15-12(14)7-10/h6,10H,4-5,7H2,1-3H3/t10-/m0/s1. The number of rotatable bonds is 1. The van der Waals surface area contributed by atoms with Gasteiger partial charge in [-0.15, -0.1) is 0 Å². The first kappa shape index (κ1) is 10.3. The minimum atomic E-state index is -0.0628. The monoisotopic (exact) mass is 207 g/mol. The molecule has 0 aromatic carbocycles. The van der Waals surface area contributed by atoms with E-state index in [1.54, 1.807) is 0 Å². The van der Waals surface area contributed by atoms with Crippen molar-refractivity contribution in [2.24, 2.45) is 7.05 Å². The predicted molar refractivity (Wildman–Crippen MR) is 57.8 cm³/mol. The highest BCUT2D eigenvalue weighted by molar-refractivity contribution is 5.71. The number of carbonyl (C=O) groups is 1. The van der Waals surface area contributed by atoms with E-state index in [0.29, 0.717) is 18.9 Å². The first-order chi connectivity index (χ1) is 7.09. The number of ether oxygens (including phenoxy) is 1. The van der Waals surface area contributed by atoms with Crippen LogP contribution in [0.5, 0.6) is 0 Å². The number of hydrogen-bond donors (Lipinski definition) is 0. The molecule has 0 saturated carbocycles.